The van der Waals surface area contributed by atoms with Gasteiger partial charge in [0.1, 0.15) is 5.75 Å². The number of aliphatic hydroxyl groups is 1. The molecule has 0 radical (unpaired) electrons. The lowest BCUT2D eigenvalue weighted by Gasteiger charge is -2.48. The van der Waals surface area contributed by atoms with Gasteiger partial charge in [-0.05, 0) is 19.4 Å². The lowest BCUT2D eigenvalue weighted by atomic mass is 9.71. The molecule has 5 heteroatoms. The van der Waals surface area contributed by atoms with Crippen LogP contribution in [0.15, 0.2) is 24.3 Å². The molecule has 1 aliphatic rings. The normalized spacial score (nSPS) is 23.7. The van der Waals surface area contributed by atoms with E-state index in [0.717, 1.165) is 37.4 Å². The van der Waals surface area contributed by atoms with E-state index in [1.165, 1.54) is 0 Å². The molecule has 134 valence electrons. The van der Waals surface area contributed by atoms with Crippen molar-refractivity contribution in [1.82, 2.24) is 10.2 Å². The van der Waals surface area contributed by atoms with Crippen molar-refractivity contribution in [2.75, 3.05) is 26.7 Å². The highest BCUT2D eigenvalue weighted by Crippen LogP contribution is 2.38. The molecule has 1 heterocycles. The number of amides is 1. The molecule has 0 saturated carbocycles. The van der Waals surface area contributed by atoms with E-state index < -0.39 is 5.60 Å². The monoisotopic (exact) mass is 334 g/mol. The van der Waals surface area contributed by atoms with E-state index in [-0.39, 0.29) is 11.3 Å². The highest BCUT2D eigenvalue weighted by molar-refractivity contribution is 5.76. The van der Waals surface area contributed by atoms with E-state index >= 15 is 0 Å². The number of hydrogen-bond acceptors (Lipinski definition) is 4. The summed E-state index contributed by atoms with van der Waals surface area (Å²) >= 11 is 0. The van der Waals surface area contributed by atoms with Crippen molar-refractivity contribution < 1.29 is 14.6 Å². The van der Waals surface area contributed by atoms with E-state index in [4.69, 9.17) is 4.74 Å². The third-order valence-corrected chi connectivity index (χ3v) is 5.32. The van der Waals surface area contributed by atoms with Gasteiger partial charge in [0.2, 0.25) is 5.91 Å². The number of likely N-dealkylation sites (tertiary alicyclic amines) is 1. The second-order valence-electron chi connectivity index (χ2n) is 7.52. The summed E-state index contributed by atoms with van der Waals surface area (Å²) in [6, 6.07) is 7.69. The van der Waals surface area contributed by atoms with Gasteiger partial charge in [-0.15, -0.1) is 0 Å². The zero-order valence-electron chi connectivity index (χ0n) is 15.3. The number of benzene rings is 1. The van der Waals surface area contributed by atoms with Gasteiger partial charge in [-0.25, -0.2) is 0 Å². The first-order valence-electron chi connectivity index (χ1n) is 8.58. The summed E-state index contributed by atoms with van der Waals surface area (Å²) in [5.41, 5.74) is 0.165. The number of nitrogens with zero attached hydrogens (tertiary/aromatic N) is 1. The summed E-state index contributed by atoms with van der Waals surface area (Å²) in [6.45, 7) is 8.91. The second kappa shape index (κ2) is 7.53. The van der Waals surface area contributed by atoms with Crippen molar-refractivity contribution in [2.45, 2.75) is 45.8 Å². The number of carbonyl (C=O) groups excluding carboxylic acids is 1. The Morgan fingerprint density at radius 2 is 2.04 bits per heavy atom. The van der Waals surface area contributed by atoms with Crippen molar-refractivity contribution in [2.24, 2.45) is 5.41 Å². The molecule has 0 aromatic heterocycles. The van der Waals surface area contributed by atoms with Crippen LogP contribution in [-0.2, 0) is 11.3 Å². The quantitative estimate of drug-likeness (QED) is 0.837. The Balaban J connectivity index is 1.78. The molecular weight excluding hydrogens is 304 g/mol. The van der Waals surface area contributed by atoms with Gasteiger partial charge < -0.3 is 20.1 Å². The molecule has 0 unspecified atom stereocenters. The van der Waals surface area contributed by atoms with Gasteiger partial charge in [0.25, 0.3) is 0 Å². The first-order valence-corrected chi connectivity index (χ1v) is 8.58. The first kappa shape index (κ1) is 18.7. The molecule has 24 heavy (non-hydrogen) atoms. The van der Waals surface area contributed by atoms with Crippen LogP contribution in [0, 0.1) is 5.41 Å². The van der Waals surface area contributed by atoms with E-state index in [1.54, 1.807) is 7.11 Å². The van der Waals surface area contributed by atoms with Crippen LogP contribution in [0.4, 0.5) is 0 Å². The zero-order valence-corrected chi connectivity index (χ0v) is 15.3. The van der Waals surface area contributed by atoms with Gasteiger partial charge in [0.05, 0.1) is 12.7 Å². The molecule has 2 rings (SSSR count). The van der Waals surface area contributed by atoms with Crippen LogP contribution in [0.2, 0.25) is 0 Å². The molecule has 0 bridgehead atoms. The molecule has 1 aliphatic heterocycles. The Morgan fingerprint density at radius 3 is 2.71 bits per heavy atom. The number of methoxy groups -OCH3 is 1. The third-order valence-electron chi connectivity index (χ3n) is 5.32. The zero-order chi connectivity index (χ0) is 17.8. The maximum Gasteiger partial charge on any atom is 0.221 e. The molecule has 1 fully saturated rings. The minimum atomic E-state index is -0.643. The standard InChI is InChI=1S/C19H30N2O3/c1-18(2)14-21(12-10-19(18,3)23)11-9-17(22)20-13-15-7-5-6-8-16(15)24-4/h5-8,23H,9-14H2,1-4H3,(H,20,22)/t19-/m0/s1. The number of hydrogen-bond donors (Lipinski definition) is 2. The number of carbonyl (C=O) groups is 1. The van der Waals surface area contributed by atoms with Crippen molar-refractivity contribution in [3.63, 3.8) is 0 Å². The van der Waals surface area contributed by atoms with Gasteiger partial charge in [0, 0.05) is 43.6 Å². The van der Waals surface area contributed by atoms with Crippen molar-refractivity contribution in [3.05, 3.63) is 29.8 Å². The number of rotatable bonds is 6. The molecule has 1 aromatic rings. The number of ether oxygens (including phenoxy) is 1. The molecule has 1 saturated heterocycles. The summed E-state index contributed by atoms with van der Waals surface area (Å²) in [5, 5.41) is 13.4. The van der Waals surface area contributed by atoms with E-state index in [1.807, 2.05) is 31.2 Å². The van der Waals surface area contributed by atoms with Gasteiger partial charge in [-0.3, -0.25) is 4.79 Å². The Bertz CT molecular complexity index is 569. The Labute approximate surface area is 145 Å². The number of para-hydroxylation sites is 1. The summed E-state index contributed by atoms with van der Waals surface area (Å²) in [5.74, 6) is 0.828. The van der Waals surface area contributed by atoms with Crippen LogP contribution in [0.25, 0.3) is 0 Å². The van der Waals surface area contributed by atoms with Gasteiger partial charge in [-0.1, -0.05) is 32.0 Å². The number of piperidine rings is 1. The van der Waals surface area contributed by atoms with E-state index in [9.17, 15) is 9.90 Å². The fourth-order valence-corrected chi connectivity index (χ4v) is 3.10. The van der Waals surface area contributed by atoms with Crippen LogP contribution < -0.4 is 10.1 Å². The fraction of sp³-hybridized carbons (Fsp3) is 0.632. The summed E-state index contributed by atoms with van der Waals surface area (Å²) in [7, 11) is 1.63. The Hall–Kier alpha value is -1.59. The van der Waals surface area contributed by atoms with Crippen LogP contribution in [0.1, 0.15) is 39.2 Å². The predicted molar refractivity (Wildman–Crippen MR) is 94.9 cm³/mol. The summed E-state index contributed by atoms with van der Waals surface area (Å²) in [4.78, 5) is 14.4. The molecule has 1 atom stereocenters. The van der Waals surface area contributed by atoms with Gasteiger partial charge >= 0.3 is 0 Å². The van der Waals surface area contributed by atoms with Crippen LogP contribution in [0.5, 0.6) is 5.75 Å². The van der Waals surface area contributed by atoms with Crippen molar-refractivity contribution in [1.29, 1.82) is 0 Å². The molecule has 2 N–H and O–H groups in total. The molecular formula is C19H30N2O3. The second-order valence-corrected chi connectivity index (χ2v) is 7.52. The smallest absolute Gasteiger partial charge is 0.221 e. The minimum Gasteiger partial charge on any atom is -0.496 e. The molecule has 5 nitrogen and oxygen atoms in total. The largest absolute Gasteiger partial charge is 0.496 e. The Morgan fingerprint density at radius 1 is 1.33 bits per heavy atom. The lowest BCUT2D eigenvalue weighted by molar-refractivity contribution is -0.123. The van der Waals surface area contributed by atoms with Crippen molar-refractivity contribution in [3.8, 4) is 5.75 Å². The highest BCUT2D eigenvalue weighted by Gasteiger charge is 2.43. The van der Waals surface area contributed by atoms with Crippen molar-refractivity contribution >= 4 is 5.91 Å². The van der Waals surface area contributed by atoms with Crippen LogP contribution in [0.3, 0.4) is 0 Å². The van der Waals surface area contributed by atoms with Crippen LogP contribution in [-0.4, -0.2) is 48.3 Å². The average molecular weight is 334 g/mol. The Kier molecular flexibility index (Phi) is 5.88. The van der Waals surface area contributed by atoms with Crippen LogP contribution >= 0.6 is 0 Å². The van der Waals surface area contributed by atoms with E-state index in [2.05, 4.69) is 24.1 Å². The van der Waals surface area contributed by atoms with E-state index in [0.29, 0.717) is 13.0 Å². The average Bonchev–Trinajstić information content (AvgIpc) is 2.54. The minimum absolute atomic E-state index is 0.0380. The maximum absolute atomic E-state index is 12.1. The summed E-state index contributed by atoms with van der Waals surface area (Å²) < 4.78 is 5.29. The lowest BCUT2D eigenvalue weighted by Crippen LogP contribution is -2.56. The highest BCUT2D eigenvalue weighted by atomic mass is 16.5. The molecule has 0 aliphatic carbocycles. The molecule has 1 amide bonds. The third kappa shape index (κ3) is 4.48. The SMILES string of the molecule is COc1ccccc1CNC(=O)CCN1CC[C@](C)(O)C(C)(C)C1. The fourth-order valence-electron chi connectivity index (χ4n) is 3.10. The van der Waals surface area contributed by atoms with Gasteiger partial charge in [-0.2, -0.15) is 0 Å². The summed E-state index contributed by atoms with van der Waals surface area (Å²) in [6.07, 6.45) is 1.20. The van der Waals surface area contributed by atoms with Gasteiger partial charge in [0.15, 0.2) is 0 Å². The predicted octanol–water partition coefficient (Wildman–Crippen LogP) is 2.18. The number of nitrogens with one attached hydrogen (secondary N) is 1. The topological polar surface area (TPSA) is 61.8 Å². The molecule has 0 spiro atoms. The first-order chi connectivity index (χ1) is 11.2. The molecule has 1 aromatic carbocycles. The maximum atomic E-state index is 12.1.